The monoisotopic (exact) mass is 713 g/mol. The van der Waals surface area contributed by atoms with Gasteiger partial charge in [0, 0.05) is 37.8 Å². The highest BCUT2D eigenvalue weighted by Gasteiger charge is 2.42. The molecule has 4 atom stereocenters. The van der Waals surface area contributed by atoms with E-state index in [0.717, 1.165) is 37.3 Å². The molecule has 0 spiro atoms. The number of halogens is 6. The van der Waals surface area contributed by atoms with Gasteiger partial charge in [0.05, 0.1) is 35.1 Å². The Hall–Kier alpha value is -3.78. The van der Waals surface area contributed by atoms with Crippen LogP contribution in [0.25, 0.3) is 0 Å². The van der Waals surface area contributed by atoms with Crippen LogP contribution >= 0.6 is 0 Å². The van der Waals surface area contributed by atoms with Gasteiger partial charge in [-0.2, -0.15) is 26.3 Å². The largest absolute Gasteiger partial charge is 0.481 e. The van der Waals surface area contributed by atoms with E-state index in [9.17, 15) is 41.0 Å². The number of aromatic nitrogens is 2. The number of carboxylic acids is 1. The van der Waals surface area contributed by atoms with Crippen molar-refractivity contribution in [1.82, 2.24) is 14.9 Å². The van der Waals surface area contributed by atoms with Crippen LogP contribution < -0.4 is 9.80 Å². The van der Waals surface area contributed by atoms with E-state index < -0.39 is 53.6 Å². The molecule has 5 rings (SSSR count). The number of hydrogen-bond acceptors (Lipinski definition) is 7. The Bertz CT molecular complexity index is 1440. The lowest BCUT2D eigenvalue weighted by molar-refractivity contribution is -0.144. The molecule has 1 saturated carbocycles. The third-order valence-electron chi connectivity index (χ3n) is 10.4. The normalized spacial score (nSPS) is 26.2. The lowest BCUT2D eigenvalue weighted by Crippen LogP contribution is -2.57. The van der Waals surface area contributed by atoms with Gasteiger partial charge in [-0.25, -0.2) is 14.8 Å². The van der Waals surface area contributed by atoms with E-state index in [4.69, 9.17) is 4.74 Å². The first kappa shape index (κ1) is 37.5. The number of hydrogen-bond donors (Lipinski definition) is 1. The Morgan fingerprint density at radius 2 is 1.46 bits per heavy atom. The average Bonchev–Trinajstić information content (AvgIpc) is 3.52. The second kappa shape index (κ2) is 15.2. The van der Waals surface area contributed by atoms with Crippen molar-refractivity contribution in [2.45, 2.75) is 122 Å². The first-order chi connectivity index (χ1) is 23.6. The highest BCUT2D eigenvalue weighted by Crippen LogP contribution is 2.39. The molecule has 3 aliphatic rings. The number of benzene rings is 1. The zero-order valence-corrected chi connectivity index (χ0v) is 28.5. The van der Waals surface area contributed by atoms with Gasteiger partial charge in [0.2, 0.25) is 5.95 Å². The van der Waals surface area contributed by atoms with Gasteiger partial charge < -0.3 is 24.5 Å². The maximum Gasteiger partial charge on any atom is 0.416 e. The van der Waals surface area contributed by atoms with Crippen molar-refractivity contribution < 1.29 is 45.8 Å². The molecule has 9 nitrogen and oxygen atoms in total. The van der Waals surface area contributed by atoms with Gasteiger partial charge >= 0.3 is 24.4 Å². The highest BCUT2D eigenvalue weighted by molar-refractivity contribution is 5.70. The molecule has 2 saturated heterocycles. The molecule has 276 valence electrons. The fourth-order valence-electron chi connectivity index (χ4n) is 7.63. The van der Waals surface area contributed by atoms with Crippen LogP contribution in [0.2, 0.25) is 0 Å². The second-order valence-corrected chi connectivity index (χ2v) is 14.0. The number of likely N-dealkylation sites (tertiary alicyclic amines) is 1. The van der Waals surface area contributed by atoms with Crippen LogP contribution in [0, 0.1) is 11.8 Å². The predicted molar refractivity (Wildman–Crippen MR) is 174 cm³/mol. The number of rotatable bonds is 9. The number of piperidine rings is 1. The van der Waals surface area contributed by atoms with Crippen molar-refractivity contribution in [3.63, 3.8) is 0 Å². The molecule has 3 heterocycles. The number of alkyl halides is 6. The number of carboxylic acid groups (broad SMARTS) is 1. The summed E-state index contributed by atoms with van der Waals surface area (Å²) in [5.41, 5.74) is -2.19. The zero-order valence-electron chi connectivity index (χ0n) is 28.5. The van der Waals surface area contributed by atoms with Crippen LogP contribution in [0.1, 0.15) is 95.2 Å². The molecule has 0 bridgehead atoms. The van der Waals surface area contributed by atoms with Crippen molar-refractivity contribution in [2.24, 2.45) is 11.8 Å². The number of nitrogens with zero attached hydrogens (tertiary/aromatic N) is 5. The Labute approximate surface area is 288 Å². The standard InChI is InChI=1S/C35H45F6N5O4/c1-4-26-15-28(16-27(5-2)46(26)33(49)50-30-8-6-23(7-9-30)31(47)48)45(32-42-17-29(18-43-32)44-11-10-21(3)19-44)20-22-12-24(34(36,37)38)14-25(13-22)35(39,40)41/h12-14,17-18,21,23,26-28,30H,4-11,15-16,19-20H2,1-3H3,(H,47,48)/t21-,23-,26-,27+,28+,30-/m0/s1. The van der Waals surface area contributed by atoms with Crippen LogP contribution in [-0.4, -0.2) is 69.4 Å². The van der Waals surface area contributed by atoms with Crippen LogP contribution in [0.4, 0.5) is 42.8 Å². The van der Waals surface area contributed by atoms with Crippen LogP contribution in [-0.2, 0) is 28.4 Å². The van der Waals surface area contributed by atoms with Crippen LogP contribution in [0.5, 0.6) is 0 Å². The Balaban J connectivity index is 1.44. The number of anilines is 2. The molecule has 1 amide bonds. The molecule has 2 aliphatic heterocycles. The lowest BCUT2D eigenvalue weighted by atomic mass is 9.87. The minimum atomic E-state index is -5.00. The van der Waals surface area contributed by atoms with E-state index in [-0.39, 0.29) is 36.2 Å². The topological polar surface area (TPSA) is 99.1 Å². The summed E-state index contributed by atoms with van der Waals surface area (Å²) < 4.78 is 88.8. The van der Waals surface area contributed by atoms with Gasteiger partial charge in [-0.1, -0.05) is 20.8 Å². The molecule has 1 N–H and O–H groups in total. The van der Waals surface area contributed by atoms with E-state index in [1.807, 2.05) is 13.8 Å². The quantitative estimate of drug-likeness (QED) is 0.260. The minimum Gasteiger partial charge on any atom is -0.481 e. The highest BCUT2D eigenvalue weighted by atomic mass is 19.4. The third-order valence-corrected chi connectivity index (χ3v) is 10.4. The van der Waals surface area contributed by atoms with E-state index in [1.54, 1.807) is 22.2 Å². The number of amides is 1. The number of carbonyl (C=O) groups excluding carboxylic acids is 1. The molecular weight excluding hydrogens is 668 g/mol. The molecule has 50 heavy (non-hydrogen) atoms. The maximum absolute atomic E-state index is 13.8. The average molecular weight is 714 g/mol. The summed E-state index contributed by atoms with van der Waals surface area (Å²) >= 11 is 0. The van der Waals surface area contributed by atoms with E-state index in [1.165, 1.54) is 0 Å². The fourth-order valence-corrected chi connectivity index (χ4v) is 7.63. The van der Waals surface area contributed by atoms with Crippen molar-refractivity contribution in [2.75, 3.05) is 22.9 Å². The second-order valence-electron chi connectivity index (χ2n) is 14.0. The number of carbonyl (C=O) groups is 2. The summed E-state index contributed by atoms with van der Waals surface area (Å²) in [5, 5.41) is 9.33. The molecule has 2 aromatic rings. The molecule has 1 aromatic heterocycles. The van der Waals surface area contributed by atoms with Gasteiger partial charge in [-0.05, 0) is 87.5 Å². The van der Waals surface area contributed by atoms with Crippen molar-refractivity contribution in [3.8, 4) is 0 Å². The molecular formula is C35H45F6N5O4. The van der Waals surface area contributed by atoms with Crippen LogP contribution in [0.15, 0.2) is 30.6 Å². The summed E-state index contributed by atoms with van der Waals surface area (Å²) in [4.78, 5) is 39.7. The van der Waals surface area contributed by atoms with E-state index in [2.05, 4.69) is 21.8 Å². The molecule has 1 aromatic carbocycles. The minimum absolute atomic E-state index is 0.120. The summed E-state index contributed by atoms with van der Waals surface area (Å²) in [5.74, 6) is -0.656. The lowest BCUT2D eigenvalue weighted by Gasteiger charge is -2.47. The van der Waals surface area contributed by atoms with Crippen LogP contribution in [0.3, 0.4) is 0 Å². The summed E-state index contributed by atoms with van der Waals surface area (Å²) in [6.07, 6.45) is -3.13. The third kappa shape index (κ3) is 8.74. The van der Waals surface area contributed by atoms with Gasteiger partial charge in [0.1, 0.15) is 6.10 Å². The number of aliphatic carboxylic acids is 1. The number of ether oxygens (including phenoxy) is 1. The van der Waals surface area contributed by atoms with Gasteiger partial charge in [0.25, 0.3) is 0 Å². The molecule has 15 heteroatoms. The predicted octanol–water partition coefficient (Wildman–Crippen LogP) is 8.17. The van der Waals surface area contributed by atoms with Crippen molar-refractivity contribution in [1.29, 1.82) is 0 Å². The zero-order chi connectivity index (χ0) is 36.4. The first-order valence-corrected chi connectivity index (χ1v) is 17.4. The van der Waals surface area contributed by atoms with E-state index >= 15 is 0 Å². The molecule has 3 fully saturated rings. The first-order valence-electron chi connectivity index (χ1n) is 17.4. The van der Waals surface area contributed by atoms with Gasteiger partial charge in [0.15, 0.2) is 0 Å². The molecule has 0 unspecified atom stereocenters. The van der Waals surface area contributed by atoms with Crippen molar-refractivity contribution >= 4 is 23.7 Å². The SMILES string of the molecule is CC[C@@H]1C[C@H](N(Cc2cc(C(F)(F)F)cc(C(F)(F)F)c2)c2ncc(N3CC[C@H](C)C3)cn2)C[C@H](CC)N1C(=O)O[C@H]1CC[C@H](C(=O)O)CC1. The fraction of sp³-hybridized carbons (Fsp3) is 0.657. The Kier molecular flexibility index (Phi) is 11.4. The Morgan fingerprint density at radius 1 is 0.900 bits per heavy atom. The molecule has 0 radical (unpaired) electrons. The maximum atomic E-state index is 13.8. The van der Waals surface area contributed by atoms with Gasteiger partial charge in [-0.3, -0.25) is 4.79 Å². The summed E-state index contributed by atoms with van der Waals surface area (Å²) in [6, 6.07) is 0.476. The Morgan fingerprint density at radius 3 is 1.92 bits per heavy atom. The smallest absolute Gasteiger partial charge is 0.416 e. The summed E-state index contributed by atoms with van der Waals surface area (Å²) in [7, 11) is 0. The van der Waals surface area contributed by atoms with E-state index in [0.29, 0.717) is 57.3 Å². The van der Waals surface area contributed by atoms with Gasteiger partial charge in [-0.15, -0.1) is 0 Å². The molecule has 1 aliphatic carbocycles. The summed E-state index contributed by atoms with van der Waals surface area (Å²) in [6.45, 7) is 7.29. The van der Waals surface area contributed by atoms with Crippen molar-refractivity contribution in [3.05, 3.63) is 47.3 Å².